The second-order valence-electron chi connectivity index (χ2n) is 4.44. The number of aromatic nitrogens is 3. The van der Waals surface area contributed by atoms with Crippen LogP contribution in [0.1, 0.15) is 52.9 Å². The number of aryl methyl sites for hydroxylation is 1. The molecule has 0 saturated carbocycles. The minimum Gasteiger partial charge on any atom is -0.184 e. The Morgan fingerprint density at radius 2 is 1.40 bits per heavy atom. The molecule has 112 valence electrons. The molecule has 2 aromatic rings. The predicted octanol–water partition coefficient (Wildman–Crippen LogP) is 5.95. The number of benzene rings is 1. The average molecular weight is 405 g/mol. The van der Waals surface area contributed by atoms with Crippen molar-refractivity contribution < 1.29 is 0 Å². The maximum Gasteiger partial charge on any atom is 0.128 e. The van der Waals surface area contributed by atoms with E-state index in [9.17, 15) is 0 Å². The van der Waals surface area contributed by atoms with Crippen LogP contribution >= 0.6 is 31.9 Å². The molecular formula is C15H23Br2N3. The van der Waals surface area contributed by atoms with E-state index in [0.717, 1.165) is 32.9 Å². The summed E-state index contributed by atoms with van der Waals surface area (Å²) >= 11 is 7.02. The molecular weight excluding hydrogens is 382 g/mol. The Bertz CT molecular complexity index is 484. The topological polar surface area (TPSA) is 30.7 Å². The van der Waals surface area contributed by atoms with Gasteiger partial charge < -0.3 is 0 Å². The monoisotopic (exact) mass is 403 g/mol. The molecule has 0 N–H and O–H groups in total. The van der Waals surface area contributed by atoms with E-state index in [1.807, 2.05) is 30.8 Å². The largest absolute Gasteiger partial charge is 0.184 e. The lowest BCUT2D eigenvalue weighted by Gasteiger charge is -1.99. The fourth-order valence-corrected chi connectivity index (χ4v) is 2.73. The minimum absolute atomic E-state index is 0.900. The van der Waals surface area contributed by atoms with Crippen LogP contribution in [0.5, 0.6) is 0 Å². The zero-order valence-electron chi connectivity index (χ0n) is 12.5. The van der Waals surface area contributed by atoms with Crippen molar-refractivity contribution in [2.45, 2.75) is 59.4 Å². The van der Waals surface area contributed by atoms with E-state index >= 15 is 0 Å². The minimum atomic E-state index is 0.900. The summed E-state index contributed by atoms with van der Waals surface area (Å²) in [7, 11) is 0. The van der Waals surface area contributed by atoms with Gasteiger partial charge in [-0.05, 0) is 50.4 Å². The highest BCUT2D eigenvalue weighted by Crippen LogP contribution is 2.27. The fraction of sp³-hybridized carbons (Fsp3) is 0.600. The highest BCUT2D eigenvalue weighted by Gasteiger charge is 2.09. The molecule has 1 aromatic heterocycles. The SMILES string of the molecule is CC.CCCCCCCn1nc2c(Br)ccc(Br)c2n1. The van der Waals surface area contributed by atoms with Crippen molar-refractivity contribution in [1.82, 2.24) is 15.0 Å². The van der Waals surface area contributed by atoms with E-state index < -0.39 is 0 Å². The zero-order valence-corrected chi connectivity index (χ0v) is 15.7. The van der Waals surface area contributed by atoms with Crippen molar-refractivity contribution >= 4 is 42.9 Å². The van der Waals surface area contributed by atoms with E-state index in [1.165, 1.54) is 25.7 Å². The quantitative estimate of drug-likeness (QED) is 0.556. The van der Waals surface area contributed by atoms with E-state index in [4.69, 9.17) is 0 Å². The number of unbranched alkanes of at least 4 members (excludes halogenated alkanes) is 4. The maximum absolute atomic E-state index is 4.52. The molecule has 1 heterocycles. The average Bonchev–Trinajstić information content (AvgIpc) is 2.90. The van der Waals surface area contributed by atoms with Crippen molar-refractivity contribution in [2.24, 2.45) is 0 Å². The van der Waals surface area contributed by atoms with Gasteiger partial charge in [-0.1, -0.05) is 46.5 Å². The number of hydrogen-bond acceptors (Lipinski definition) is 2. The summed E-state index contributed by atoms with van der Waals surface area (Å²) < 4.78 is 2.00. The molecule has 0 radical (unpaired) electrons. The fourth-order valence-electron chi connectivity index (χ4n) is 1.93. The second kappa shape index (κ2) is 9.50. The summed E-state index contributed by atoms with van der Waals surface area (Å²) in [5.41, 5.74) is 1.86. The van der Waals surface area contributed by atoms with Gasteiger partial charge >= 0.3 is 0 Å². The normalized spacial score (nSPS) is 10.4. The number of halogens is 2. The summed E-state index contributed by atoms with van der Waals surface area (Å²) in [4.78, 5) is 1.81. The third-order valence-corrected chi connectivity index (χ3v) is 4.23. The summed E-state index contributed by atoms with van der Waals surface area (Å²) in [5.74, 6) is 0. The lowest BCUT2D eigenvalue weighted by molar-refractivity contribution is 0.491. The molecule has 3 nitrogen and oxygen atoms in total. The third-order valence-electron chi connectivity index (χ3n) is 2.95. The number of hydrogen-bond donors (Lipinski definition) is 0. The van der Waals surface area contributed by atoms with E-state index in [-0.39, 0.29) is 0 Å². The molecule has 0 aliphatic heterocycles. The standard InChI is InChI=1S/C13H17Br2N3.C2H6/c1-2-3-4-5-6-9-18-16-12-10(14)7-8-11(15)13(12)17-18;1-2/h7-8H,2-6,9H2,1H3;1-2H3. The van der Waals surface area contributed by atoms with Crippen LogP contribution in [0.4, 0.5) is 0 Å². The first-order valence-electron chi connectivity index (χ1n) is 7.41. The first-order chi connectivity index (χ1) is 9.72. The molecule has 0 amide bonds. The van der Waals surface area contributed by atoms with Gasteiger partial charge in [-0.25, -0.2) is 0 Å². The van der Waals surface area contributed by atoms with Crippen molar-refractivity contribution in [3.05, 3.63) is 21.1 Å². The lowest BCUT2D eigenvalue weighted by Crippen LogP contribution is -2.02. The number of nitrogens with zero attached hydrogens (tertiary/aromatic N) is 3. The first-order valence-corrected chi connectivity index (χ1v) is 9.00. The zero-order chi connectivity index (χ0) is 15.0. The van der Waals surface area contributed by atoms with E-state index in [1.54, 1.807) is 0 Å². The van der Waals surface area contributed by atoms with Crippen LogP contribution < -0.4 is 0 Å². The Kier molecular flexibility index (Phi) is 8.38. The van der Waals surface area contributed by atoms with Gasteiger partial charge in [-0.15, -0.1) is 0 Å². The van der Waals surface area contributed by atoms with Crippen LogP contribution in [0, 0.1) is 0 Å². The van der Waals surface area contributed by atoms with Gasteiger partial charge in [0.25, 0.3) is 0 Å². The molecule has 20 heavy (non-hydrogen) atoms. The van der Waals surface area contributed by atoms with Gasteiger partial charge in [0.05, 0.1) is 6.54 Å². The highest BCUT2D eigenvalue weighted by atomic mass is 79.9. The maximum atomic E-state index is 4.52. The van der Waals surface area contributed by atoms with Gasteiger partial charge in [0.15, 0.2) is 0 Å². The first kappa shape index (κ1) is 17.6. The van der Waals surface area contributed by atoms with Crippen LogP contribution in [-0.2, 0) is 6.54 Å². The van der Waals surface area contributed by atoms with Crippen molar-refractivity contribution in [3.8, 4) is 0 Å². The predicted molar refractivity (Wildman–Crippen MR) is 93.0 cm³/mol. The third kappa shape index (κ3) is 4.85. The Morgan fingerprint density at radius 1 is 0.900 bits per heavy atom. The molecule has 0 bridgehead atoms. The Morgan fingerprint density at radius 3 is 1.90 bits per heavy atom. The smallest absolute Gasteiger partial charge is 0.128 e. The van der Waals surface area contributed by atoms with E-state index in [2.05, 4.69) is 49.0 Å². The highest BCUT2D eigenvalue weighted by molar-refractivity contribution is 9.11. The van der Waals surface area contributed by atoms with Gasteiger partial charge in [0.2, 0.25) is 0 Å². The van der Waals surface area contributed by atoms with Crippen LogP contribution in [0.25, 0.3) is 11.0 Å². The molecule has 0 spiro atoms. The second-order valence-corrected chi connectivity index (χ2v) is 6.15. The number of fused-ring (bicyclic) bond motifs is 1. The molecule has 0 aliphatic carbocycles. The summed E-state index contributed by atoms with van der Waals surface area (Å²) in [6.07, 6.45) is 6.32. The van der Waals surface area contributed by atoms with Crippen molar-refractivity contribution in [3.63, 3.8) is 0 Å². The lowest BCUT2D eigenvalue weighted by atomic mass is 10.2. The van der Waals surface area contributed by atoms with Gasteiger partial charge in [0.1, 0.15) is 11.0 Å². The molecule has 0 unspecified atom stereocenters. The summed E-state index contributed by atoms with van der Waals surface area (Å²) in [6, 6.07) is 3.99. The molecule has 1 aromatic carbocycles. The van der Waals surface area contributed by atoms with Crippen molar-refractivity contribution in [1.29, 1.82) is 0 Å². The molecule has 2 rings (SSSR count). The van der Waals surface area contributed by atoms with Gasteiger partial charge in [0, 0.05) is 8.95 Å². The van der Waals surface area contributed by atoms with Crippen LogP contribution in [0.3, 0.4) is 0 Å². The molecule has 0 fully saturated rings. The Hall–Kier alpha value is -0.420. The Labute approximate surface area is 138 Å². The molecule has 0 saturated heterocycles. The van der Waals surface area contributed by atoms with E-state index in [0.29, 0.717) is 0 Å². The van der Waals surface area contributed by atoms with Crippen LogP contribution in [0.2, 0.25) is 0 Å². The molecule has 5 heteroatoms. The Balaban J connectivity index is 0.000000956. The number of rotatable bonds is 6. The van der Waals surface area contributed by atoms with Gasteiger partial charge in [-0.2, -0.15) is 15.0 Å². The van der Waals surface area contributed by atoms with Crippen LogP contribution in [0.15, 0.2) is 21.1 Å². The van der Waals surface area contributed by atoms with Gasteiger partial charge in [-0.3, -0.25) is 0 Å². The summed E-state index contributed by atoms with van der Waals surface area (Å²) in [6.45, 7) is 7.13. The molecule has 0 aliphatic rings. The summed E-state index contributed by atoms with van der Waals surface area (Å²) in [5, 5.41) is 9.04. The van der Waals surface area contributed by atoms with Crippen LogP contribution in [-0.4, -0.2) is 15.0 Å². The molecule has 0 atom stereocenters. The van der Waals surface area contributed by atoms with Crippen molar-refractivity contribution in [2.75, 3.05) is 0 Å².